The van der Waals surface area contributed by atoms with Crippen molar-refractivity contribution < 1.29 is 14.3 Å². The SMILES string of the molecule is O=C(Nc1ccc2c(c1)OCCCO2)c1cnc2ccccc2n1. The second-order valence-corrected chi connectivity index (χ2v) is 5.41. The summed E-state index contributed by atoms with van der Waals surface area (Å²) < 4.78 is 11.2. The molecule has 0 spiro atoms. The van der Waals surface area contributed by atoms with E-state index in [0.29, 0.717) is 35.9 Å². The highest BCUT2D eigenvalue weighted by Gasteiger charge is 2.14. The summed E-state index contributed by atoms with van der Waals surface area (Å²) in [5, 5.41) is 2.82. The van der Waals surface area contributed by atoms with Crippen LogP contribution < -0.4 is 14.8 Å². The molecule has 0 bridgehead atoms. The Kier molecular flexibility index (Phi) is 3.70. The fraction of sp³-hybridized carbons (Fsp3) is 0.167. The van der Waals surface area contributed by atoms with Gasteiger partial charge in [0.25, 0.3) is 5.91 Å². The van der Waals surface area contributed by atoms with Crippen molar-refractivity contribution in [2.75, 3.05) is 18.5 Å². The van der Waals surface area contributed by atoms with E-state index in [2.05, 4.69) is 15.3 Å². The van der Waals surface area contributed by atoms with Gasteiger partial charge in [-0.2, -0.15) is 0 Å². The smallest absolute Gasteiger partial charge is 0.275 e. The van der Waals surface area contributed by atoms with Crippen molar-refractivity contribution >= 4 is 22.6 Å². The van der Waals surface area contributed by atoms with Gasteiger partial charge < -0.3 is 14.8 Å². The largest absolute Gasteiger partial charge is 0.490 e. The monoisotopic (exact) mass is 321 g/mol. The van der Waals surface area contributed by atoms with Crippen LogP contribution in [0.25, 0.3) is 11.0 Å². The summed E-state index contributed by atoms with van der Waals surface area (Å²) in [7, 11) is 0. The number of nitrogens with one attached hydrogen (secondary N) is 1. The fourth-order valence-electron chi connectivity index (χ4n) is 2.50. The van der Waals surface area contributed by atoms with Crippen molar-refractivity contribution in [2.45, 2.75) is 6.42 Å². The molecule has 1 aliphatic heterocycles. The number of ether oxygens (including phenoxy) is 2. The van der Waals surface area contributed by atoms with Crippen molar-refractivity contribution in [3.8, 4) is 11.5 Å². The Balaban J connectivity index is 1.57. The zero-order chi connectivity index (χ0) is 16.4. The quantitative estimate of drug-likeness (QED) is 0.785. The van der Waals surface area contributed by atoms with Crippen LogP contribution in [0.3, 0.4) is 0 Å². The highest BCUT2D eigenvalue weighted by atomic mass is 16.5. The molecule has 0 unspecified atom stereocenters. The Labute approximate surface area is 138 Å². The van der Waals surface area contributed by atoms with Gasteiger partial charge in [-0.25, -0.2) is 4.98 Å². The van der Waals surface area contributed by atoms with Crippen LogP contribution in [0.4, 0.5) is 5.69 Å². The molecular formula is C18H15N3O3. The number of hydrogen-bond donors (Lipinski definition) is 1. The first kappa shape index (κ1) is 14.4. The van der Waals surface area contributed by atoms with Crippen molar-refractivity contribution in [1.29, 1.82) is 0 Å². The first-order chi connectivity index (χ1) is 11.8. The van der Waals surface area contributed by atoms with Gasteiger partial charge in [0.05, 0.1) is 30.4 Å². The fourth-order valence-corrected chi connectivity index (χ4v) is 2.50. The topological polar surface area (TPSA) is 73.3 Å². The maximum Gasteiger partial charge on any atom is 0.275 e. The average Bonchev–Trinajstić information content (AvgIpc) is 2.86. The van der Waals surface area contributed by atoms with Crippen molar-refractivity contribution in [1.82, 2.24) is 9.97 Å². The van der Waals surface area contributed by atoms with Gasteiger partial charge in [0.15, 0.2) is 11.5 Å². The van der Waals surface area contributed by atoms with Crippen LogP contribution in [0, 0.1) is 0 Å². The molecule has 0 atom stereocenters. The zero-order valence-electron chi connectivity index (χ0n) is 12.9. The van der Waals surface area contributed by atoms with E-state index >= 15 is 0 Å². The third kappa shape index (κ3) is 2.86. The van der Waals surface area contributed by atoms with Gasteiger partial charge in [-0.05, 0) is 24.3 Å². The van der Waals surface area contributed by atoms with Crippen LogP contribution in [0.1, 0.15) is 16.9 Å². The van der Waals surface area contributed by atoms with Gasteiger partial charge in [0, 0.05) is 18.2 Å². The molecule has 1 amide bonds. The van der Waals surface area contributed by atoms with Gasteiger partial charge in [0.1, 0.15) is 5.69 Å². The average molecular weight is 321 g/mol. The van der Waals surface area contributed by atoms with Gasteiger partial charge in [-0.3, -0.25) is 9.78 Å². The highest BCUT2D eigenvalue weighted by molar-refractivity contribution is 6.03. The molecule has 0 aliphatic carbocycles. The van der Waals surface area contributed by atoms with E-state index in [4.69, 9.17) is 9.47 Å². The molecule has 3 aromatic rings. The second-order valence-electron chi connectivity index (χ2n) is 5.41. The van der Waals surface area contributed by atoms with Crippen LogP contribution in [0.5, 0.6) is 11.5 Å². The van der Waals surface area contributed by atoms with E-state index in [-0.39, 0.29) is 11.6 Å². The maximum atomic E-state index is 12.4. The van der Waals surface area contributed by atoms with Crippen LogP contribution in [-0.4, -0.2) is 29.1 Å². The molecule has 6 nitrogen and oxygen atoms in total. The Bertz CT molecular complexity index is 911. The Morgan fingerprint density at radius 3 is 2.67 bits per heavy atom. The predicted octanol–water partition coefficient (Wildman–Crippen LogP) is 3.04. The summed E-state index contributed by atoms with van der Waals surface area (Å²) in [6.45, 7) is 1.23. The van der Waals surface area contributed by atoms with Crippen LogP contribution >= 0.6 is 0 Å². The Morgan fingerprint density at radius 1 is 1.00 bits per heavy atom. The molecule has 6 heteroatoms. The van der Waals surface area contributed by atoms with E-state index in [1.54, 1.807) is 18.2 Å². The number of carbonyl (C=O) groups excluding carboxylic acids is 1. The number of benzene rings is 2. The van der Waals surface area contributed by atoms with Crippen molar-refractivity contribution in [2.24, 2.45) is 0 Å². The number of aromatic nitrogens is 2. The van der Waals surface area contributed by atoms with Crippen molar-refractivity contribution in [3.63, 3.8) is 0 Å². The van der Waals surface area contributed by atoms with E-state index in [0.717, 1.165) is 11.9 Å². The minimum atomic E-state index is -0.317. The van der Waals surface area contributed by atoms with E-state index in [1.807, 2.05) is 24.3 Å². The summed E-state index contributed by atoms with van der Waals surface area (Å²) in [4.78, 5) is 21.0. The summed E-state index contributed by atoms with van der Waals surface area (Å²) in [6.07, 6.45) is 2.31. The molecule has 0 radical (unpaired) electrons. The number of hydrogen-bond acceptors (Lipinski definition) is 5. The van der Waals surface area contributed by atoms with Gasteiger partial charge in [-0.1, -0.05) is 12.1 Å². The number of amides is 1. The molecular weight excluding hydrogens is 306 g/mol. The number of rotatable bonds is 2. The molecule has 0 saturated heterocycles. The molecule has 1 aromatic heterocycles. The van der Waals surface area contributed by atoms with Gasteiger partial charge >= 0.3 is 0 Å². The summed E-state index contributed by atoms with van der Waals surface area (Å²) in [6, 6.07) is 12.8. The van der Waals surface area contributed by atoms with Crippen LogP contribution in [-0.2, 0) is 0 Å². The normalized spacial score (nSPS) is 13.3. The molecule has 1 aliphatic rings. The molecule has 2 aromatic carbocycles. The van der Waals surface area contributed by atoms with E-state index < -0.39 is 0 Å². The molecule has 4 rings (SSSR count). The lowest BCUT2D eigenvalue weighted by Crippen LogP contribution is -2.14. The second kappa shape index (κ2) is 6.16. The third-order valence-corrected chi connectivity index (χ3v) is 3.69. The molecule has 0 saturated carbocycles. The standard InChI is InChI=1S/C18H15N3O3/c22-18(15-11-19-13-4-1-2-5-14(13)21-15)20-12-6-7-16-17(10-12)24-9-3-8-23-16/h1-2,4-7,10-11H,3,8-9H2,(H,20,22). The van der Waals surface area contributed by atoms with E-state index in [9.17, 15) is 4.79 Å². The minimum Gasteiger partial charge on any atom is -0.490 e. The molecule has 2 heterocycles. The van der Waals surface area contributed by atoms with Crippen molar-refractivity contribution in [3.05, 3.63) is 54.4 Å². The Morgan fingerprint density at radius 2 is 1.79 bits per heavy atom. The van der Waals surface area contributed by atoms with Crippen LogP contribution in [0.15, 0.2) is 48.7 Å². The predicted molar refractivity (Wildman–Crippen MR) is 89.5 cm³/mol. The first-order valence-electron chi connectivity index (χ1n) is 7.72. The van der Waals surface area contributed by atoms with Crippen LogP contribution in [0.2, 0.25) is 0 Å². The summed E-state index contributed by atoms with van der Waals surface area (Å²) in [5.74, 6) is 1.01. The van der Waals surface area contributed by atoms with Gasteiger partial charge in [0.2, 0.25) is 0 Å². The Hall–Kier alpha value is -3.15. The molecule has 24 heavy (non-hydrogen) atoms. The number of nitrogens with zero attached hydrogens (tertiary/aromatic N) is 2. The van der Waals surface area contributed by atoms with Gasteiger partial charge in [-0.15, -0.1) is 0 Å². The summed E-state index contributed by atoms with van der Waals surface area (Å²) in [5.41, 5.74) is 2.33. The first-order valence-corrected chi connectivity index (χ1v) is 7.72. The highest BCUT2D eigenvalue weighted by Crippen LogP contribution is 2.32. The summed E-state index contributed by atoms with van der Waals surface area (Å²) >= 11 is 0. The molecule has 0 fully saturated rings. The number of fused-ring (bicyclic) bond motifs is 2. The zero-order valence-corrected chi connectivity index (χ0v) is 12.9. The maximum absolute atomic E-state index is 12.4. The van der Waals surface area contributed by atoms with E-state index in [1.165, 1.54) is 6.20 Å². The molecule has 120 valence electrons. The lowest BCUT2D eigenvalue weighted by Gasteiger charge is -2.10. The third-order valence-electron chi connectivity index (χ3n) is 3.69. The molecule has 1 N–H and O–H groups in total. The lowest BCUT2D eigenvalue weighted by molar-refractivity contribution is 0.102. The number of carbonyl (C=O) groups is 1. The minimum absolute atomic E-state index is 0.265. The lowest BCUT2D eigenvalue weighted by atomic mass is 10.2. The number of anilines is 1. The number of para-hydroxylation sites is 2.